The number of hydrogen-bond acceptors (Lipinski definition) is 5. The number of sulfonamides is 1. The zero-order valence-corrected chi connectivity index (χ0v) is 11.6. The predicted octanol–water partition coefficient (Wildman–Crippen LogP) is -0.128. The molecule has 8 heteroatoms. The predicted molar refractivity (Wildman–Crippen MR) is 69.4 cm³/mol. The lowest BCUT2D eigenvalue weighted by atomic mass is 10.4. The van der Waals surface area contributed by atoms with Crippen LogP contribution in [0.4, 0.5) is 0 Å². The highest BCUT2D eigenvalue weighted by Gasteiger charge is 2.18. The van der Waals surface area contributed by atoms with Crippen molar-refractivity contribution < 1.29 is 8.42 Å². The SMILES string of the molecule is CSCC(C)NS(=O)(=O)c1cnn(CCN)c1. The molecule has 0 aliphatic rings. The minimum Gasteiger partial charge on any atom is -0.329 e. The van der Waals surface area contributed by atoms with Crippen molar-refractivity contribution in [2.75, 3.05) is 18.6 Å². The van der Waals surface area contributed by atoms with Gasteiger partial charge in [0.15, 0.2) is 0 Å². The Kier molecular flexibility index (Phi) is 5.44. The molecule has 1 unspecified atom stereocenters. The van der Waals surface area contributed by atoms with Crippen molar-refractivity contribution >= 4 is 21.8 Å². The molecule has 0 amide bonds. The fourth-order valence-electron chi connectivity index (χ4n) is 1.35. The summed E-state index contributed by atoms with van der Waals surface area (Å²) < 4.78 is 28.0. The van der Waals surface area contributed by atoms with E-state index in [4.69, 9.17) is 5.73 Å². The van der Waals surface area contributed by atoms with Crippen LogP contribution in [-0.2, 0) is 16.6 Å². The summed E-state index contributed by atoms with van der Waals surface area (Å²) in [5, 5.41) is 3.94. The molecule has 0 aliphatic carbocycles. The maximum Gasteiger partial charge on any atom is 0.243 e. The minimum absolute atomic E-state index is 0.104. The van der Waals surface area contributed by atoms with Gasteiger partial charge in [-0.3, -0.25) is 4.68 Å². The van der Waals surface area contributed by atoms with Gasteiger partial charge in [0.05, 0.1) is 12.7 Å². The second-order valence-electron chi connectivity index (χ2n) is 3.71. The quantitative estimate of drug-likeness (QED) is 0.725. The number of nitrogens with zero attached hydrogens (tertiary/aromatic N) is 2. The Morgan fingerprint density at radius 1 is 1.65 bits per heavy atom. The Hall–Kier alpha value is -0.570. The van der Waals surface area contributed by atoms with Gasteiger partial charge in [-0.25, -0.2) is 13.1 Å². The molecule has 0 aliphatic heterocycles. The maximum atomic E-state index is 11.9. The van der Waals surface area contributed by atoms with E-state index in [-0.39, 0.29) is 10.9 Å². The van der Waals surface area contributed by atoms with Crippen molar-refractivity contribution in [3.05, 3.63) is 12.4 Å². The molecule has 0 spiro atoms. The Bertz CT molecular complexity index is 444. The molecule has 0 saturated heterocycles. The molecule has 6 nitrogen and oxygen atoms in total. The van der Waals surface area contributed by atoms with Gasteiger partial charge in [-0.15, -0.1) is 0 Å². The van der Waals surface area contributed by atoms with E-state index in [1.54, 1.807) is 11.8 Å². The molecular formula is C9H18N4O2S2. The van der Waals surface area contributed by atoms with Crippen molar-refractivity contribution in [1.82, 2.24) is 14.5 Å². The topological polar surface area (TPSA) is 90.0 Å². The molecule has 1 rings (SSSR count). The Morgan fingerprint density at radius 3 is 2.94 bits per heavy atom. The number of thioether (sulfide) groups is 1. The van der Waals surface area contributed by atoms with Crippen molar-refractivity contribution in [2.45, 2.75) is 24.4 Å². The lowest BCUT2D eigenvalue weighted by Gasteiger charge is -2.11. The third-order valence-electron chi connectivity index (χ3n) is 2.05. The van der Waals surface area contributed by atoms with Gasteiger partial charge in [0.1, 0.15) is 4.90 Å². The van der Waals surface area contributed by atoms with Crippen LogP contribution >= 0.6 is 11.8 Å². The van der Waals surface area contributed by atoms with Gasteiger partial charge in [-0.2, -0.15) is 16.9 Å². The summed E-state index contributed by atoms with van der Waals surface area (Å²) in [5.41, 5.74) is 5.37. The first-order chi connectivity index (χ1) is 7.99. The largest absolute Gasteiger partial charge is 0.329 e. The minimum atomic E-state index is -3.47. The number of nitrogens with one attached hydrogen (secondary N) is 1. The van der Waals surface area contributed by atoms with Crippen LogP contribution in [-0.4, -0.2) is 42.8 Å². The highest BCUT2D eigenvalue weighted by Crippen LogP contribution is 2.08. The van der Waals surface area contributed by atoms with Crippen LogP contribution < -0.4 is 10.5 Å². The smallest absolute Gasteiger partial charge is 0.243 e. The molecule has 0 radical (unpaired) electrons. The third-order valence-corrected chi connectivity index (χ3v) is 4.43. The van der Waals surface area contributed by atoms with Crippen LogP contribution in [0.3, 0.4) is 0 Å². The van der Waals surface area contributed by atoms with Gasteiger partial charge in [0, 0.05) is 24.5 Å². The summed E-state index contributed by atoms with van der Waals surface area (Å²) in [6, 6.07) is -0.104. The van der Waals surface area contributed by atoms with Crippen LogP contribution in [0.5, 0.6) is 0 Å². The molecule has 1 aromatic rings. The van der Waals surface area contributed by atoms with Crippen molar-refractivity contribution in [2.24, 2.45) is 5.73 Å². The average molecular weight is 278 g/mol. The number of hydrogen-bond donors (Lipinski definition) is 2. The lowest BCUT2D eigenvalue weighted by molar-refractivity contribution is 0.570. The van der Waals surface area contributed by atoms with E-state index in [1.807, 2.05) is 13.2 Å². The van der Waals surface area contributed by atoms with E-state index >= 15 is 0 Å². The van der Waals surface area contributed by atoms with Crippen LogP contribution in [0.2, 0.25) is 0 Å². The molecule has 98 valence electrons. The molecule has 0 aromatic carbocycles. The van der Waals surface area contributed by atoms with Gasteiger partial charge < -0.3 is 5.73 Å². The number of aromatic nitrogens is 2. The molecule has 0 bridgehead atoms. The average Bonchev–Trinajstić information content (AvgIpc) is 2.67. The van der Waals surface area contributed by atoms with Crippen molar-refractivity contribution in [1.29, 1.82) is 0 Å². The zero-order chi connectivity index (χ0) is 12.9. The summed E-state index contributed by atoms with van der Waals surface area (Å²) in [7, 11) is -3.47. The summed E-state index contributed by atoms with van der Waals surface area (Å²) in [4.78, 5) is 0.180. The van der Waals surface area contributed by atoms with E-state index in [2.05, 4.69) is 9.82 Å². The Morgan fingerprint density at radius 2 is 2.35 bits per heavy atom. The highest BCUT2D eigenvalue weighted by molar-refractivity contribution is 7.98. The van der Waals surface area contributed by atoms with Gasteiger partial charge >= 0.3 is 0 Å². The summed E-state index contributed by atoms with van der Waals surface area (Å²) in [6.07, 6.45) is 4.76. The molecular weight excluding hydrogens is 260 g/mol. The fourth-order valence-corrected chi connectivity index (χ4v) is 3.24. The fraction of sp³-hybridized carbons (Fsp3) is 0.667. The van der Waals surface area contributed by atoms with Crippen molar-refractivity contribution in [3.8, 4) is 0 Å². The molecule has 1 aromatic heterocycles. The number of nitrogens with two attached hydrogens (primary N) is 1. The van der Waals surface area contributed by atoms with E-state index in [9.17, 15) is 8.42 Å². The molecule has 1 atom stereocenters. The van der Waals surface area contributed by atoms with Gasteiger partial charge in [0.2, 0.25) is 10.0 Å². The summed E-state index contributed by atoms with van der Waals surface area (Å²) in [5.74, 6) is 0.732. The molecule has 0 fully saturated rings. The second kappa shape index (κ2) is 6.39. The Balaban J connectivity index is 2.75. The molecule has 0 saturated carbocycles. The summed E-state index contributed by atoms with van der Waals surface area (Å²) >= 11 is 1.59. The monoisotopic (exact) mass is 278 g/mol. The van der Waals surface area contributed by atoms with E-state index in [1.165, 1.54) is 17.1 Å². The number of rotatable bonds is 7. The van der Waals surface area contributed by atoms with E-state index in [0.29, 0.717) is 13.1 Å². The van der Waals surface area contributed by atoms with Crippen LogP contribution in [0.1, 0.15) is 6.92 Å². The summed E-state index contributed by atoms with van der Waals surface area (Å²) in [6.45, 7) is 2.77. The van der Waals surface area contributed by atoms with Crippen LogP contribution in [0.15, 0.2) is 17.3 Å². The van der Waals surface area contributed by atoms with Gasteiger partial charge in [0.25, 0.3) is 0 Å². The van der Waals surface area contributed by atoms with E-state index in [0.717, 1.165) is 5.75 Å². The molecule has 3 N–H and O–H groups in total. The highest BCUT2D eigenvalue weighted by atomic mass is 32.2. The zero-order valence-electron chi connectivity index (χ0n) is 9.96. The first-order valence-electron chi connectivity index (χ1n) is 5.23. The molecule has 17 heavy (non-hydrogen) atoms. The Labute approximate surface area is 106 Å². The normalized spacial score (nSPS) is 13.8. The first kappa shape index (κ1) is 14.5. The maximum absolute atomic E-state index is 11.9. The van der Waals surface area contributed by atoms with Gasteiger partial charge in [-0.1, -0.05) is 0 Å². The second-order valence-corrected chi connectivity index (χ2v) is 6.33. The van der Waals surface area contributed by atoms with Crippen LogP contribution in [0, 0.1) is 0 Å². The van der Waals surface area contributed by atoms with E-state index < -0.39 is 10.0 Å². The molecule has 1 heterocycles. The lowest BCUT2D eigenvalue weighted by Crippen LogP contribution is -2.34. The van der Waals surface area contributed by atoms with Gasteiger partial charge in [-0.05, 0) is 13.2 Å². The van der Waals surface area contributed by atoms with Crippen LogP contribution in [0.25, 0.3) is 0 Å². The van der Waals surface area contributed by atoms with Crippen molar-refractivity contribution in [3.63, 3.8) is 0 Å². The first-order valence-corrected chi connectivity index (χ1v) is 8.11. The third kappa shape index (κ3) is 4.30. The standard InChI is InChI=1S/C9H18N4O2S2/c1-8(7-16-2)12-17(14,15)9-5-11-13(6-9)4-3-10/h5-6,8,12H,3-4,7,10H2,1-2H3.